The Morgan fingerprint density at radius 2 is 1.88 bits per heavy atom. The summed E-state index contributed by atoms with van der Waals surface area (Å²) in [5.74, 6) is -3.27. The van der Waals surface area contributed by atoms with Crippen molar-refractivity contribution in [3.63, 3.8) is 0 Å². The highest BCUT2D eigenvalue weighted by Gasteiger charge is 2.77. The van der Waals surface area contributed by atoms with E-state index in [0.29, 0.717) is 0 Å². The van der Waals surface area contributed by atoms with Gasteiger partial charge in [0.05, 0.1) is 11.0 Å². The lowest BCUT2D eigenvalue weighted by atomic mass is 10.0. The second kappa shape index (κ2) is 5.67. The van der Waals surface area contributed by atoms with Gasteiger partial charge in [-0.3, -0.25) is 4.79 Å². The van der Waals surface area contributed by atoms with E-state index in [4.69, 9.17) is 0 Å². The van der Waals surface area contributed by atoms with Crippen molar-refractivity contribution in [3.05, 3.63) is 65.5 Å². The van der Waals surface area contributed by atoms with E-state index in [0.717, 1.165) is 11.6 Å². The Bertz CT molecular complexity index is 994. The molecule has 3 atom stereocenters. The first-order valence-corrected chi connectivity index (χ1v) is 9.00. The van der Waals surface area contributed by atoms with Gasteiger partial charge in [0.15, 0.2) is 15.3 Å². The molecule has 2 aromatic rings. The number of carboxylic acid groups (broad SMARTS) is 1. The molecule has 0 amide bonds. The maximum atomic E-state index is 13.5. The highest BCUT2D eigenvalue weighted by Crippen LogP contribution is 2.64. The fourth-order valence-corrected chi connectivity index (χ4v) is 5.48. The number of halogens is 1. The number of carbonyl (C=O) groups is 1. The van der Waals surface area contributed by atoms with Gasteiger partial charge < -0.3 is 5.11 Å². The zero-order valence-corrected chi connectivity index (χ0v) is 14.0. The van der Waals surface area contributed by atoms with Crippen molar-refractivity contribution in [3.8, 4) is 6.07 Å². The topological polar surface area (TPSA) is 95.2 Å². The Morgan fingerprint density at radius 3 is 2.40 bits per heavy atom. The molecule has 0 spiro atoms. The SMILES string of the molecule is Cc1ccc(S(=O)(=O)[C@@H]2[C@@H](c3cccc(F)c3)[C@]2(C#N)C(=O)O)cc1. The van der Waals surface area contributed by atoms with E-state index in [-0.39, 0.29) is 10.5 Å². The van der Waals surface area contributed by atoms with Crippen molar-refractivity contribution in [1.82, 2.24) is 0 Å². The van der Waals surface area contributed by atoms with Gasteiger partial charge in [-0.25, -0.2) is 12.8 Å². The van der Waals surface area contributed by atoms with Crippen LogP contribution in [0.3, 0.4) is 0 Å². The molecule has 1 N–H and O–H groups in total. The minimum Gasteiger partial charge on any atom is -0.480 e. The van der Waals surface area contributed by atoms with Crippen LogP contribution in [0.1, 0.15) is 17.0 Å². The van der Waals surface area contributed by atoms with Crippen LogP contribution in [0, 0.1) is 29.5 Å². The van der Waals surface area contributed by atoms with Crippen LogP contribution < -0.4 is 0 Å². The minimum atomic E-state index is -4.08. The number of carboxylic acids is 1. The highest BCUT2D eigenvalue weighted by molar-refractivity contribution is 7.92. The molecule has 1 saturated carbocycles. The number of benzene rings is 2. The molecular formula is C18H14FNO4S. The Labute approximate surface area is 144 Å². The summed E-state index contributed by atoms with van der Waals surface area (Å²) in [6, 6.07) is 12.7. The molecule has 128 valence electrons. The van der Waals surface area contributed by atoms with Crippen LogP contribution in [-0.2, 0) is 14.6 Å². The van der Waals surface area contributed by atoms with E-state index >= 15 is 0 Å². The lowest BCUT2D eigenvalue weighted by Gasteiger charge is -2.05. The molecule has 2 aromatic carbocycles. The summed E-state index contributed by atoms with van der Waals surface area (Å²) < 4.78 is 39.4. The van der Waals surface area contributed by atoms with Crippen LogP contribution in [0.2, 0.25) is 0 Å². The van der Waals surface area contributed by atoms with Gasteiger partial charge in [0.25, 0.3) is 0 Å². The molecular weight excluding hydrogens is 345 g/mol. The van der Waals surface area contributed by atoms with Crippen molar-refractivity contribution in [2.75, 3.05) is 0 Å². The van der Waals surface area contributed by atoms with Crippen LogP contribution in [0.15, 0.2) is 53.4 Å². The van der Waals surface area contributed by atoms with Crippen molar-refractivity contribution < 1.29 is 22.7 Å². The average molecular weight is 359 g/mol. The molecule has 0 unspecified atom stereocenters. The third-order valence-electron chi connectivity index (χ3n) is 4.56. The Morgan fingerprint density at radius 1 is 1.24 bits per heavy atom. The fourth-order valence-electron chi connectivity index (χ4n) is 3.23. The van der Waals surface area contributed by atoms with Crippen molar-refractivity contribution in [2.45, 2.75) is 23.0 Å². The smallest absolute Gasteiger partial charge is 0.326 e. The Kier molecular flexibility index (Phi) is 3.88. The van der Waals surface area contributed by atoms with E-state index in [1.807, 2.05) is 0 Å². The standard InChI is InChI=1S/C18H14FNO4S/c1-11-5-7-14(8-6-11)25(23,24)16-15(18(16,10-20)17(21)22)12-3-2-4-13(19)9-12/h2-9,15-16H,1H3,(H,21,22)/t15-,16-,18+/m1/s1. The van der Waals surface area contributed by atoms with Crippen LogP contribution >= 0.6 is 0 Å². The van der Waals surface area contributed by atoms with E-state index in [2.05, 4.69) is 0 Å². The molecule has 25 heavy (non-hydrogen) atoms. The maximum absolute atomic E-state index is 13.5. The Hall–Kier alpha value is -2.72. The normalized spacial score (nSPS) is 25.2. The molecule has 0 radical (unpaired) electrons. The summed E-state index contributed by atoms with van der Waals surface area (Å²) in [6.45, 7) is 1.79. The van der Waals surface area contributed by atoms with Crippen LogP contribution in [0.5, 0.6) is 0 Å². The molecule has 3 rings (SSSR count). The van der Waals surface area contributed by atoms with Gasteiger partial charge >= 0.3 is 5.97 Å². The van der Waals surface area contributed by atoms with Gasteiger partial charge in [-0.05, 0) is 36.8 Å². The lowest BCUT2D eigenvalue weighted by molar-refractivity contribution is -0.141. The molecule has 7 heteroatoms. The van der Waals surface area contributed by atoms with Gasteiger partial charge in [0.1, 0.15) is 11.1 Å². The maximum Gasteiger partial charge on any atom is 0.326 e. The first kappa shape index (κ1) is 17.1. The molecule has 1 fully saturated rings. The Balaban J connectivity index is 2.14. The summed E-state index contributed by atoms with van der Waals surface area (Å²) in [6.07, 6.45) is 0. The molecule has 5 nitrogen and oxygen atoms in total. The molecule has 1 aliphatic carbocycles. The number of aliphatic carboxylic acids is 1. The zero-order valence-electron chi connectivity index (χ0n) is 13.2. The average Bonchev–Trinajstić information content (AvgIpc) is 3.27. The summed E-state index contributed by atoms with van der Waals surface area (Å²) in [4.78, 5) is 11.7. The quantitative estimate of drug-likeness (QED) is 0.905. The largest absolute Gasteiger partial charge is 0.480 e. The molecule has 0 aliphatic heterocycles. The summed E-state index contributed by atoms with van der Waals surface area (Å²) in [7, 11) is -4.08. The van der Waals surface area contributed by atoms with E-state index < -0.39 is 38.2 Å². The first-order valence-electron chi connectivity index (χ1n) is 7.46. The number of nitrogens with zero attached hydrogens (tertiary/aromatic N) is 1. The second-order valence-corrected chi connectivity index (χ2v) is 8.17. The number of rotatable bonds is 4. The summed E-state index contributed by atoms with van der Waals surface area (Å²) >= 11 is 0. The summed E-state index contributed by atoms with van der Waals surface area (Å²) in [5, 5.41) is 17.5. The number of sulfone groups is 1. The molecule has 0 heterocycles. The number of hydrogen-bond donors (Lipinski definition) is 1. The van der Waals surface area contributed by atoms with Crippen molar-refractivity contribution in [1.29, 1.82) is 5.26 Å². The predicted molar refractivity (Wildman–Crippen MR) is 87.0 cm³/mol. The molecule has 0 aromatic heterocycles. The number of hydrogen-bond acceptors (Lipinski definition) is 4. The molecule has 0 saturated heterocycles. The number of nitriles is 1. The van der Waals surface area contributed by atoms with Gasteiger partial charge in [-0.15, -0.1) is 0 Å². The number of aryl methyl sites for hydroxylation is 1. The predicted octanol–water partition coefficient (Wildman–Crippen LogP) is 2.67. The first-order chi connectivity index (χ1) is 11.7. The third kappa shape index (κ3) is 2.50. The van der Waals surface area contributed by atoms with Gasteiger partial charge in [0, 0.05) is 5.92 Å². The van der Waals surface area contributed by atoms with Crippen LogP contribution in [0.4, 0.5) is 4.39 Å². The van der Waals surface area contributed by atoms with Gasteiger partial charge in [0.2, 0.25) is 0 Å². The van der Waals surface area contributed by atoms with Crippen molar-refractivity contribution >= 4 is 15.8 Å². The zero-order chi connectivity index (χ0) is 18.4. The van der Waals surface area contributed by atoms with E-state index in [9.17, 15) is 28.0 Å². The van der Waals surface area contributed by atoms with Gasteiger partial charge in [-0.1, -0.05) is 29.8 Å². The van der Waals surface area contributed by atoms with Crippen LogP contribution in [0.25, 0.3) is 0 Å². The second-order valence-electron chi connectivity index (χ2n) is 6.10. The fraction of sp³-hybridized carbons (Fsp3) is 0.222. The molecule has 0 bridgehead atoms. The van der Waals surface area contributed by atoms with E-state index in [1.54, 1.807) is 25.1 Å². The van der Waals surface area contributed by atoms with E-state index in [1.165, 1.54) is 30.3 Å². The highest BCUT2D eigenvalue weighted by atomic mass is 32.2. The third-order valence-corrected chi connectivity index (χ3v) is 6.81. The molecule has 1 aliphatic rings. The minimum absolute atomic E-state index is 0.0529. The monoisotopic (exact) mass is 359 g/mol. The lowest BCUT2D eigenvalue weighted by Crippen LogP contribution is -2.22. The van der Waals surface area contributed by atoms with Crippen LogP contribution in [-0.4, -0.2) is 24.7 Å². The van der Waals surface area contributed by atoms with Crippen molar-refractivity contribution in [2.24, 2.45) is 5.41 Å². The van der Waals surface area contributed by atoms with Gasteiger partial charge in [-0.2, -0.15) is 5.26 Å². The summed E-state index contributed by atoms with van der Waals surface area (Å²) in [5.41, 5.74) is -1.09.